The van der Waals surface area contributed by atoms with Crippen molar-refractivity contribution in [3.63, 3.8) is 0 Å². The number of carbonyl (C=O) groups excluding carboxylic acids is 1. The molecule has 2 aromatic rings. The lowest BCUT2D eigenvalue weighted by Gasteiger charge is -2.37. The summed E-state index contributed by atoms with van der Waals surface area (Å²) >= 11 is 0. The Morgan fingerprint density at radius 2 is 1.76 bits per heavy atom. The fourth-order valence-electron chi connectivity index (χ4n) is 3.06. The normalized spacial score (nSPS) is 20.3. The van der Waals surface area contributed by atoms with E-state index in [1.54, 1.807) is 12.1 Å². The number of amides is 1. The number of nitrogens with zero attached hydrogens (tertiary/aromatic N) is 1. The zero-order valence-corrected chi connectivity index (χ0v) is 14.1. The topological polar surface area (TPSA) is 66.8 Å². The van der Waals surface area contributed by atoms with Crippen LogP contribution >= 0.6 is 0 Å². The zero-order valence-electron chi connectivity index (χ0n) is 14.1. The summed E-state index contributed by atoms with van der Waals surface area (Å²) in [4.78, 5) is 25.4. The van der Waals surface area contributed by atoms with Crippen molar-refractivity contribution in [1.29, 1.82) is 0 Å². The second-order valence-corrected chi connectivity index (χ2v) is 6.32. The fraction of sp³-hybridized carbons (Fsp3) is 0.300. The highest BCUT2D eigenvalue weighted by molar-refractivity contribution is 5.87. The summed E-state index contributed by atoms with van der Waals surface area (Å²) in [5, 5.41) is 8.94. The van der Waals surface area contributed by atoms with E-state index in [0.29, 0.717) is 13.1 Å². The molecule has 3 rings (SSSR count). The highest BCUT2D eigenvalue weighted by Crippen LogP contribution is 2.25. The van der Waals surface area contributed by atoms with Crippen LogP contribution in [-0.2, 0) is 16.0 Å². The maximum Gasteiger partial charge on any atom is 0.335 e. The van der Waals surface area contributed by atoms with Crippen LogP contribution in [0, 0.1) is 0 Å². The van der Waals surface area contributed by atoms with Gasteiger partial charge in [0.25, 0.3) is 0 Å². The highest BCUT2D eigenvalue weighted by Gasteiger charge is 2.29. The maximum absolute atomic E-state index is 12.7. The SMILES string of the molecule is C[C@H]1CN(C(=O)Cc2ccc(C(=O)O)cc2)C[C@H](c2ccccc2)O1. The van der Waals surface area contributed by atoms with Crippen LogP contribution in [0.5, 0.6) is 0 Å². The van der Waals surface area contributed by atoms with Gasteiger partial charge in [0.15, 0.2) is 0 Å². The molecular weight excluding hydrogens is 318 g/mol. The van der Waals surface area contributed by atoms with Gasteiger partial charge in [-0.1, -0.05) is 42.5 Å². The molecule has 0 unspecified atom stereocenters. The molecule has 1 N–H and O–H groups in total. The lowest BCUT2D eigenvalue weighted by Crippen LogP contribution is -2.46. The first-order chi connectivity index (χ1) is 12.0. The lowest BCUT2D eigenvalue weighted by molar-refractivity contribution is -0.144. The summed E-state index contributed by atoms with van der Waals surface area (Å²) in [5.41, 5.74) is 2.10. The summed E-state index contributed by atoms with van der Waals surface area (Å²) in [6.07, 6.45) is 0.106. The minimum atomic E-state index is -0.967. The molecule has 2 atom stereocenters. The van der Waals surface area contributed by atoms with Crippen molar-refractivity contribution in [3.05, 3.63) is 71.3 Å². The molecule has 130 valence electrons. The van der Waals surface area contributed by atoms with Gasteiger partial charge in [-0.2, -0.15) is 0 Å². The zero-order chi connectivity index (χ0) is 17.8. The van der Waals surface area contributed by atoms with Gasteiger partial charge < -0.3 is 14.7 Å². The van der Waals surface area contributed by atoms with E-state index < -0.39 is 5.97 Å². The summed E-state index contributed by atoms with van der Waals surface area (Å²) in [5.74, 6) is -0.940. The third kappa shape index (κ3) is 4.25. The minimum absolute atomic E-state index is 0.0270. The third-order valence-electron chi connectivity index (χ3n) is 4.34. The number of hydrogen-bond donors (Lipinski definition) is 1. The standard InChI is InChI=1S/C20H21NO4/c1-14-12-21(13-18(25-14)16-5-3-2-4-6-16)19(22)11-15-7-9-17(10-8-15)20(23)24/h2-10,14,18H,11-13H2,1H3,(H,23,24)/t14-,18+/m0/s1. The molecule has 0 aromatic heterocycles. The minimum Gasteiger partial charge on any atom is -0.478 e. The van der Waals surface area contributed by atoms with Gasteiger partial charge >= 0.3 is 5.97 Å². The second-order valence-electron chi connectivity index (χ2n) is 6.32. The molecule has 5 heteroatoms. The number of hydrogen-bond acceptors (Lipinski definition) is 3. The first-order valence-electron chi connectivity index (χ1n) is 8.33. The molecule has 0 saturated carbocycles. The van der Waals surface area contributed by atoms with Gasteiger partial charge in [0.1, 0.15) is 6.10 Å². The molecule has 0 aliphatic carbocycles. The first kappa shape index (κ1) is 17.2. The van der Waals surface area contributed by atoms with E-state index in [1.165, 1.54) is 12.1 Å². The van der Waals surface area contributed by atoms with Crippen molar-refractivity contribution in [2.24, 2.45) is 0 Å². The van der Waals surface area contributed by atoms with Gasteiger partial charge in [0, 0.05) is 6.54 Å². The average Bonchev–Trinajstić information content (AvgIpc) is 2.62. The van der Waals surface area contributed by atoms with Crippen molar-refractivity contribution >= 4 is 11.9 Å². The molecule has 5 nitrogen and oxygen atoms in total. The van der Waals surface area contributed by atoms with Crippen LogP contribution in [0.2, 0.25) is 0 Å². The van der Waals surface area contributed by atoms with Crippen LogP contribution in [0.4, 0.5) is 0 Å². The molecule has 1 aliphatic rings. The van der Waals surface area contributed by atoms with Gasteiger partial charge in [0.2, 0.25) is 5.91 Å². The van der Waals surface area contributed by atoms with Gasteiger partial charge in [0.05, 0.1) is 24.6 Å². The Morgan fingerprint density at radius 1 is 1.08 bits per heavy atom. The number of carbonyl (C=O) groups is 2. The van der Waals surface area contributed by atoms with Crippen LogP contribution in [0.1, 0.15) is 34.5 Å². The number of aromatic carboxylic acids is 1. The molecule has 1 fully saturated rings. The number of rotatable bonds is 4. The monoisotopic (exact) mass is 339 g/mol. The Hall–Kier alpha value is -2.66. The lowest BCUT2D eigenvalue weighted by atomic mass is 10.0. The summed E-state index contributed by atoms with van der Waals surface area (Å²) < 4.78 is 5.99. The van der Waals surface area contributed by atoms with E-state index in [9.17, 15) is 9.59 Å². The number of carboxylic acids is 1. The Bertz CT molecular complexity index is 742. The van der Waals surface area contributed by atoms with E-state index in [-0.39, 0.29) is 30.1 Å². The van der Waals surface area contributed by atoms with Gasteiger partial charge in [-0.15, -0.1) is 0 Å². The largest absolute Gasteiger partial charge is 0.478 e. The molecule has 0 radical (unpaired) electrons. The molecule has 2 aromatic carbocycles. The third-order valence-corrected chi connectivity index (χ3v) is 4.34. The van der Waals surface area contributed by atoms with Gasteiger partial charge in [-0.3, -0.25) is 4.79 Å². The van der Waals surface area contributed by atoms with E-state index >= 15 is 0 Å². The predicted molar refractivity (Wildman–Crippen MR) is 93.4 cm³/mol. The number of ether oxygens (including phenoxy) is 1. The molecule has 1 saturated heterocycles. The van der Waals surface area contributed by atoms with Crippen LogP contribution in [0.25, 0.3) is 0 Å². The summed E-state index contributed by atoms with van der Waals surface area (Å²) in [6.45, 7) is 3.06. The molecule has 0 bridgehead atoms. The molecule has 0 spiro atoms. The average molecular weight is 339 g/mol. The molecule has 1 heterocycles. The Balaban J connectivity index is 1.67. The van der Waals surface area contributed by atoms with Gasteiger partial charge in [-0.25, -0.2) is 4.79 Å². The maximum atomic E-state index is 12.7. The summed E-state index contributed by atoms with van der Waals surface area (Å²) in [6, 6.07) is 16.4. The van der Waals surface area contributed by atoms with E-state index in [0.717, 1.165) is 11.1 Å². The van der Waals surface area contributed by atoms with Crippen LogP contribution < -0.4 is 0 Å². The Kier molecular flexibility index (Phi) is 5.14. The number of morpholine rings is 1. The van der Waals surface area contributed by atoms with Crippen molar-refractivity contribution in [2.75, 3.05) is 13.1 Å². The molecule has 1 amide bonds. The fourth-order valence-corrected chi connectivity index (χ4v) is 3.06. The van der Waals surface area contributed by atoms with E-state index in [4.69, 9.17) is 9.84 Å². The molecule has 25 heavy (non-hydrogen) atoms. The number of benzene rings is 2. The second kappa shape index (κ2) is 7.49. The first-order valence-corrected chi connectivity index (χ1v) is 8.33. The summed E-state index contributed by atoms with van der Waals surface area (Å²) in [7, 11) is 0. The molecule has 1 aliphatic heterocycles. The van der Waals surface area contributed by atoms with Crippen molar-refractivity contribution in [3.8, 4) is 0 Å². The Morgan fingerprint density at radius 3 is 2.40 bits per heavy atom. The predicted octanol–water partition coefficient (Wildman–Crippen LogP) is 2.92. The van der Waals surface area contributed by atoms with Gasteiger partial charge in [-0.05, 0) is 30.2 Å². The Labute approximate surface area is 146 Å². The quantitative estimate of drug-likeness (QED) is 0.930. The smallest absolute Gasteiger partial charge is 0.335 e. The van der Waals surface area contributed by atoms with E-state index in [2.05, 4.69) is 0 Å². The van der Waals surface area contributed by atoms with E-state index in [1.807, 2.05) is 42.2 Å². The van der Waals surface area contributed by atoms with Crippen LogP contribution in [-0.4, -0.2) is 41.1 Å². The van der Waals surface area contributed by atoms with Crippen LogP contribution in [0.3, 0.4) is 0 Å². The van der Waals surface area contributed by atoms with Crippen molar-refractivity contribution < 1.29 is 19.4 Å². The highest BCUT2D eigenvalue weighted by atomic mass is 16.5. The molecular formula is C20H21NO4. The van der Waals surface area contributed by atoms with Crippen molar-refractivity contribution in [2.45, 2.75) is 25.6 Å². The number of carboxylic acid groups (broad SMARTS) is 1. The van der Waals surface area contributed by atoms with Crippen molar-refractivity contribution in [1.82, 2.24) is 4.90 Å². The van der Waals surface area contributed by atoms with Crippen LogP contribution in [0.15, 0.2) is 54.6 Å².